The Bertz CT molecular complexity index is 147. The lowest BCUT2D eigenvalue weighted by atomic mass is 10.0. The molecule has 0 aliphatic carbocycles. The minimum atomic E-state index is 0.0882. The van der Waals surface area contributed by atoms with Crippen LogP contribution in [0.25, 0.3) is 0 Å². The van der Waals surface area contributed by atoms with Gasteiger partial charge in [-0.15, -0.1) is 0 Å². The Morgan fingerprint density at radius 1 is 1.40 bits per heavy atom. The maximum absolute atomic E-state index is 5.68. The second-order valence-electron chi connectivity index (χ2n) is 4.39. The topological polar surface area (TPSA) is 18.5 Å². The van der Waals surface area contributed by atoms with Crippen molar-refractivity contribution < 1.29 is 9.47 Å². The lowest BCUT2D eigenvalue weighted by molar-refractivity contribution is -0.163. The van der Waals surface area contributed by atoms with Gasteiger partial charge in [0.15, 0.2) is 6.29 Å². The first kappa shape index (κ1) is 13.5. The first-order valence-electron chi connectivity index (χ1n) is 6.12. The first-order chi connectivity index (χ1) is 7.33. The minimum Gasteiger partial charge on any atom is -0.353 e. The molecule has 0 spiro atoms. The van der Waals surface area contributed by atoms with Crippen LogP contribution in [0, 0.1) is 5.92 Å². The monoisotopic (exact) mass is 278 g/mol. The average Bonchev–Trinajstić information content (AvgIpc) is 2.26. The molecule has 1 aliphatic heterocycles. The Morgan fingerprint density at radius 3 is 2.93 bits per heavy atom. The maximum atomic E-state index is 5.68. The summed E-state index contributed by atoms with van der Waals surface area (Å²) < 4.78 is 11.2. The molecule has 2 nitrogen and oxygen atoms in total. The number of rotatable bonds is 7. The summed E-state index contributed by atoms with van der Waals surface area (Å²) in [5.41, 5.74) is 0. The Hall–Kier alpha value is 0.400. The van der Waals surface area contributed by atoms with E-state index in [-0.39, 0.29) is 6.29 Å². The van der Waals surface area contributed by atoms with Gasteiger partial charge in [0.1, 0.15) is 0 Å². The van der Waals surface area contributed by atoms with Crippen molar-refractivity contribution in [1.82, 2.24) is 0 Å². The molecule has 0 bridgehead atoms. The van der Waals surface area contributed by atoms with Gasteiger partial charge in [0.2, 0.25) is 0 Å². The smallest absolute Gasteiger partial charge is 0.157 e. The SMILES string of the molecule is C[C@H](CCBr)CCCOC1CCCCO1. The van der Waals surface area contributed by atoms with Crippen LogP contribution in [0.4, 0.5) is 0 Å². The summed E-state index contributed by atoms with van der Waals surface area (Å²) in [6.45, 7) is 4.04. The van der Waals surface area contributed by atoms with E-state index in [4.69, 9.17) is 9.47 Å². The summed E-state index contributed by atoms with van der Waals surface area (Å²) >= 11 is 3.47. The summed E-state index contributed by atoms with van der Waals surface area (Å²) in [5.74, 6) is 0.806. The standard InChI is InChI=1S/C12H23BrO2/c1-11(7-8-13)5-4-10-15-12-6-2-3-9-14-12/h11-12H,2-10H2,1H3/t11-,12?/m0/s1. The highest BCUT2D eigenvalue weighted by molar-refractivity contribution is 9.09. The van der Waals surface area contributed by atoms with Crippen LogP contribution in [0.15, 0.2) is 0 Å². The second-order valence-corrected chi connectivity index (χ2v) is 5.18. The number of ether oxygens (including phenoxy) is 2. The third kappa shape index (κ3) is 6.54. The van der Waals surface area contributed by atoms with Crippen LogP contribution in [0.3, 0.4) is 0 Å². The summed E-state index contributed by atoms with van der Waals surface area (Å²) in [6.07, 6.45) is 7.31. The van der Waals surface area contributed by atoms with Crippen LogP contribution in [0.2, 0.25) is 0 Å². The van der Waals surface area contributed by atoms with Crippen LogP contribution < -0.4 is 0 Å². The van der Waals surface area contributed by atoms with Gasteiger partial charge >= 0.3 is 0 Å². The highest BCUT2D eigenvalue weighted by atomic mass is 79.9. The molecule has 0 N–H and O–H groups in total. The van der Waals surface area contributed by atoms with Crippen molar-refractivity contribution in [2.45, 2.75) is 51.7 Å². The van der Waals surface area contributed by atoms with Crippen molar-refractivity contribution in [2.24, 2.45) is 5.92 Å². The molecule has 0 aromatic carbocycles. The van der Waals surface area contributed by atoms with E-state index in [0.717, 1.165) is 37.3 Å². The molecule has 0 amide bonds. The van der Waals surface area contributed by atoms with Gasteiger partial charge in [-0.25, -0.2) is 0 Å². The highest BCUT2D eigenvalue weighted by Crippen LogP contribution is 2.15. The van der Waals surface area contributed by atoms with E-state index in [2.05, 4.69) is 22.9 Å². The molecule has 90 valence electrons. The molecule has 0 aromatic rings. The van der Waals surface area contributed by atoms with Crippen molar-refractivity contribution in [2.75, 3.05) is 18.5 Å². The summed E-state index contributed by atoms with van der Waals surface area (Å²) in [5, 5.41) is 1.11. The van der Waals surface area contributed by atoms with Crippen LogP contribution >= 0.6 is 15.9 Å². The molecule has 3 heteroatoms. The fraction of sp³-hybridized carbons (Fsp3) is 1.00. The fourth-order valence-corrected chi connectivity index (χ4v) is 2.60. The van der Waals surface area contributed by atoms with Crippen molar-refractivity contribution >= 4 is 15.9 Å². The summed E-state index contributed by atoms with van der Waals surface area (Å²) in [6, 6.07) is 0. The number of halogens is 1. The minimum absolute atomic E-state index is 0.0882. The Labute approximate surface area is 102 Å². The predicted octanol–water partition coefficient (Wildman–Crippen LogP) is 3.73. The molecule has 1 fully saturated rings. The number of alkyl halides is 1. The largest absolute Gasteiger partial charge is 0.353 e. The van der Waals surface area contributed by atoms with E-state index in [1.54, 1.807) is 0 Å². The lowest BCUT2D eigenvalue weighted by Crippen LogP contribution is -2.22. The second kappa shape index (κ2) is 8.54. The molecule has 1 saturated heterocycles. The Kier molecular flexibility index (Phi) is 7.67. The first-order valence-corrected chi connectivity index (χ1v) is 7.24. The fourth-order valence-electron chi connectivity index (χ4n) is 1.82. The van der Waals surface area contributed by atoms with Gasteiger partial charge in [-0.1, -0.05) is 22.9 Å². The highest BCUT2D eigenvalue weighted by Gasteiger charge is 2.13. The zero-order chi connectivity index (χ0) is 10.9. The van der Waals surface area contributed by atoms with Crippen LogP contribution in [0.5, 0.6) is 0 Å². The number of hydrogen-bond acceptors (Lipinski definition) is 2. The normalized spacial score (nSPS) is 24.0. The van der Waals surface area contributed by atoms with E-state index in [1.807, 2.05) is 0 Å². The molecule has 1 aliphatic rings. The molecule has 15 heavy (non-hydrogen) atoms. The lowest BCUT2D eigenvalue weighted by Gasteiger charge is -2.22. The van der Waals surface area contributed by atoms with Gasteiger partial charge in [-0.05, 0) is 44.4 Å². The molecular weight excluding hydrogens is 256 g/mol. The van der Waals surface area contributed by atoms with Gasteiger partial charge < -0.3 is 9.47 Å². The molecule has 1 heterocycles. The summed E-state index contributed by atoms with van der Waals surface area (Å²) in [7, 11) is 0. The van der Waals surface area contributed by atoms with Gasteiger partial charge in [0.25, 0.3) is 0 Å². The average molecular weight is 279 g/mol. The van der Waals surface area contributed by atoms with Crippen molar-refractivity contribution in [1.29, 1.82) is 0 Å². The molecule has 2 atom stereocenters. The Morgan fingerprint density at radius 2 is 2.27 bits per heavy atom. The van der Waals surface area contributed by atoms with Crippen molar-refractivity contribution in [3.05, 3.63) is 0 Å². The van der Waals surface area contributed by atoms with Gasteiger partial charge in [0.05, 0.1) is 0 Å². The molecule has 0 radical (unpaired) electrons. The predicted molar refractivity (Wildman–Crippen MR) is 66.4 cm³/mol. The van der Waals surface area contributed by atoms with Crippen molar-refractivity contribution in [3.63, 3.8) is 0 Å². The van der Waals surface area contributed by atoms with E-state index >= 15 is 0 Å². The molecule has 1 rings (SSSR count). The number of hydrogen-bond donors (Lipinski definition) is 0. The van der Waals surface area contributed by atoms with Crippen LogP contribution in [-0.2, 0) is 9.47 Å². The quantitative estimate of drug-likeness (QED) is 0.522. The van der Waals surface area contributed by atoms with Crippen molar-refractivity contribution in [3.8, 4) is 0 Å². The summed E-state index contributed by atoms with van der Waals surface area (Å²) in [4.78, 5) is 0. The van der Waals surface area contributed by atoms with E-state index in [9.17, 15) is 0 Å². The van der Waals surface area contributed by atoms with E-state index < -0.39 is 0 Å². The van der Waals surface area contributed by atoms with E-state index in [0.29, 0.717) is 0 Å². The maximum Gasteiger partial charge on any atom is 0.157 e. The van der Waals surface area contributed by atoms with E-state index in [1.165, 1.54) is 25.7 Å². The van der Waals surface area contributed by atoms with Gasteiger partial charge in [0, 0.05) is 18.5 Å². The molecule has 0 aromatic heterocycles. The van der Waals surface area contributed by atoms with Gasteiger partial charge in [-0.2, -0.15) is 0 Å². The third-order valence-electron chi connectivity index (χ3n) is 2.88. The Balaban J connectivity index is 1.91. The van der Waals surface area contributed by atoms with Crippen LogP contribution in [0.1, 0.15) is 45.4 Å². The third-order valence-corrected chi connectivity index (χ3v) is 3.34. The van der Waals surface area contributed by atoms with Crippen LogP contribution in [-0.4, -0.2) is 24.8 Å². The zero-order valence-corrected chi connectivity index (χ0v) is 11.3. The molecule has 0 saturated carbocycles. The zero-order valence-electron chi connectivity index (χ0n) is 9.71. The van der Waals surface area contributed by atoms with Gasteiger partial charge in [-0.3, -0.25) is 0 Å². The molecular formula is C12H23BrO2. The molecule has 1 unspecified atom stereocenters.